The van der Waals surface area contributed by atoms with Gasteiger partial charge in [0, 0.05) is 36.0 Å². The molecule has 0 amide bonds. The average molecular weight is 620 g/mol. The van der Waals surface area contributed by atoms with Crippen molar-refractivity contribution >= 4 is 23.3 Å². The molecule has 1 aliphatic rings. The molecule has 5 rings (SSSR count). The number of carbonyl (C=O) groups is 2. The van der Waals surface area contributed by atoms with Crippen molar-refractivity contribution in [2.75, 3.05) is 24.2 Å². The van der Waals surface area contributed by atoms with Crippen molar-refractivity contribution in [2.24, 2.45) is 0 Å². The molecule has 4 N–H and O–H groups in total. The zero-order valence-electron chi connectivity index (χ0n) is 24.3. The molecule has 11 heteroatoms. The van der Waals surface area contributed by atoms with Crippen LogP contribution in [0.4, 0.5) is 24.7 Å². The van der Waals surface area contributed by atoms with Gasteiger partial charge < -0.3 is 20.9 Å². The van der Waals surface area contributed by atoms with Crippen LogP contribution in [0.3, 0.4) is 0 Å². The second kappa shape index (κ2) is 13.7. The Morgan fingerprint density at radius 1 is 0.978 bits per heavy atom. The van der Waals surface area contributed by atoms with E-state index in [0.717, 1.165) is 73.3 Å². The van der Waals surface area contributed by atoms with Gasteiger partial charge in [-0.05, 0) is 66.6 Å². The zero-order valence-corrected chi connectivity index (χ0v) is 24.3. The Morgan fingerprint density at radius 2 is 1.67 bits per heavy atom. The Kier molecular flexibility index (Phi) is 9.56. The summed E-state index contributed by atoms with van der Waals surface area (Å²) in [5, 5.41) is 12.7. The van der Waals surface area contributed by atoms with Gasteiger partial charge in [0.05, 0.1) is 18.6 Å². The van der Waals surface area contributed by atoms with Gasteiger partial charge in [-0.25, -0.2) is 13.2 Å². The maximum Gasteiger partial charge on any atom is 0.307 e. The molecule has 3 aromatic carbocycles. The molecule has 1 aliphatic carbocycles. The first kappa shape index (κ1) is 31.4. The standard InChI is InChI=1S/C34H32F3N3O5/c35-23-11-9-21(10-12-23)33(44)26-13-14-29(41)40(34(26)38)32-27(36)18-24(19-28(32)37)45-16-4-15-39-31-22(17-30(42)43)7-3-8-25(31)20-5-1-2-6-20/h3,7-14,18-20,39H,1-2,4-6,15-17,38H2,(H,42,43). The number of nitrogens with zero attached hydrogens (tertiary/aromatic N) is 1. The first-order valence-electron chi connectivity index (χ1n) is 14.7. The molecule has 0 spiro atoms. The fourth-order valence-corrected chi connectivity index (χ4v) is 5.77. The van der Waals surface area contributed by atoms with Crippen LogP contribution in [0.15, 0.2) is 71.5 Å². The number of ketones is 1. The minimum absolute atomic E-state index is 0.0765. The summed E-state index contributed by atoms with van der Waals surface area (Å²) in [4.78, 5) is 37.1. The van der Waals surface area contributed by atoms with E-state index in [1.54, 1.807) is 6.07 Å². The van der Waals surface area contributed by atoms with Crippen molar-refractivity contribution in [1.82, 2.24) is 4.57 Å². The number of carboxylic acids is 1. The lowest BCUT2D eigenvalue weighted by Gasteiger charge is -2.20. The number of para-hydroxylation sites is 1. The van der Waals surface area contributed by atoms with Crippen molar-refractivity contribution in [3.8, 4) is 11.4 Å². The van der Waals surface area contributed by atoms with E-state index in [1.165, 1.54) is 12.1 Å². The third-order valence-electron chi connectivity index (χ3n) is 7.91. The molecule has 0 bridgehead atoms. The van der Waals surface area contributed by atoms with Crippen LogP contribution in [0.1, 0.15) is 65.1 Å². The average Bonchev–Trinajstić information content (AvgIpc) is 3.54. The van der Waals surface area contributed by atoms with E-state index in [9.17, 15) is 23.9 Å². The lowest BCUT2D eigenvalue weighted by atomic mass is 9.92. The number of rotatable bonds is 12. The van der Waals surface area contributed by atoms with Crippen LogP contribution in [0.2, 0.25) is 0 Å². The van der Waals surface area contributed by atoms with E-state index in [2.05, 4.69) is 5.32 Å². The van der Waals surface area contributed by atoms with Crippen molar-refractivity contribution in [3.05, 3.63) is 117 Å². The third kappa shape index (κ3) is 7.03. The third-order valence-corrected chi connectivity index (χ3v) is 7.91. The lowest BCUT2D eigenvalue weighted by molar-refractivity contribution is -0.136. The lowest BCUT2D eigenvalue weighted by Crippen LogP contribution is -2.25. The van der Waals surface area contributed by atoms with Crippen molar-refractivity contribution < 1.29 is 32.6 Å². The Labute approximate surface area is 257 Å². The Balaban J connectivity index is 1.28. The molecule has 1 aromatic heterocycles. The number of carboxylic acid groups (broad SMARTS) is 1. The van der Waals surface area contributed by atoms with Crippen LogP contribution in [0, 0.1) is 17.5 Å². The van der Waals surface area contributed by atoms with Crippen LogP contribution in [-0.4, -0.2) is 34.6 Å². The fourth-order valence-electron chi connectivity index (χ4n) is 5.77. The normalized spacial score (nSPS) is 13.1. The topological polar surface area (TPSA) is 124 Å². The minimum atomic E-state index is -1.13. The number of hydrogen-bond acceptors (Lipinski definition) is 6. The number of ether oxygens (including phenoxy) is 1. The smallest absolute Gasteiger partial charge is 0.307 e. The summed E-state index contributed by atoms with van der Waals surface area (Å²) in [6, 6.07) is 14.3. The number of nitrogens with two attached hydrogens (primary N) is 1. The van der Waals surface area contributed by atoms with Crippen LogP contribution in [-0.2, 0) is 11.2 Å². The van der Waals surface area contributed by atoms with Gasteiger partial charge >= 0.3 is 5.97 Å². The van der Waals surface area contributed by atoms with Crippen molar-refractivity contribution in [1.29, 1.82) is 0 Å². The van der Waals surface area contributed by atoms with Crippen LogP contribution >= 0.6 is 0 Å². The van der Waals surface area contributed by atoms with E-state index in [1.807, 2.05) is 12.1 Å². The van der Waals surface area contributed by atoms with E-state index >= 15 is 8.78 Å². The van der Waals surface area contributed by atoms with E-state index < -0.39 is 46.3 Å². The monoisotopic (exact) mass is 619 g/mol. The molecule has 0 unspecified atom stereocenters. The number of benzene rings is 3. The molecule has 1 saturated carbocycles. The molecule has 45 heavy (non-hydrogen) atoms. The summed E-state index contributed by atoms with van der Waals surface area (Å²) in [6.07, 6.45) is 4.70. The number of hydrogen-bond donors (Lipinski definition) is 3. The number of nitrogen functional groups attached to an aromatic ring is 1. The molecule has 0 aliphatic heterocycles. The zero-order chi connectivity index (χ0) is 32.1. The highest BCUT2D eigenvalue weighted by atomic mass is 19.1. The molecule has 0 saturated heterocycles. The number of aliphatic carboxylic acids is 1. The number of aromatic nitrogens is 1. The van der Waals surface area contributed by atoms with Gasteiger partial charge in [-0.3, -0.25) is 19.0 Å². The number of anilines is 2. The van der Waals surface area contributed by atoms with E-state index in [0.29, 0.717) is 29.0 Å². The molecule has 0 radical (unpaired) electrons. The van der Waals surface area contributed by atoms with Gasteiger partial charge in [-0.15, -0.1) is 0 Å². The first-order valence-corrected chi connectivity index (χ1v) is 14.7. The predicted molar refractivity (Wildman–Crippen MR) is 164 cm³/mol. The number of carbonyl (C=O) groups excluding carboxylic acids is 1. The molecule has 1 heterocycles. The van der Waals surface area contributed by atoms with Crippen LogP contribution < -0.4 is 21.3 Å². The highest BCUT2D eigenvalue weighted by molar-refractivity contribution is 6.11. The highest BCUT2D eigenvalue weighted by Crippen LogP contribution is 2.39. The van der Waals surface area contributed by atoms with Crippen molar-refractivity contribution in [3.63, 3.8) is 0 Å². The molecule has 4 aromatic rings. The molecule has 234 valence electrons. The SMILES string of the molecule is Nc1c(C(=O)c2ccc(F)cc2)ccc(=O)n1-c1c(F)cc(OCCCNc2c(CC(=O)O)cccc2C2CCCC2)cc1F. The Bertz CT molecular complexity index is 1760. The second-order valence-electron chi connectivity index (χ2n) is 10.9. The predicted octanol–water partition coefficient (Wildman–Crippen LogP) is 6.23. The Morgan fingerprint density at radius 3 is 2.33 bits per heavy atom. The Hall–Kier alpha value is -5.06. The summed E-state index contributed by atoms with van der Waals surface area (Å²) in [5.41, 5.74) is 6.95. The van der Waals surface area contributed by atoms with Gasteiger partial charge in [0.2, 0.25) is 0 Å². The number of pyridine rings is 1. The minimum Gasteiger partial charge on any atom is -0.493 e. The van der Waals surface area contributed by atoms with Crippen LogP contribution in [0.25, 0.3) is 5.69 Å². The summed E-state index contributed by atoms with van der Waals surface area (Å²) in [7, 11) is 0. The molecule has 8 nitrogen and oxygen atoms in total. The molecular weight excluding hydrogens is 587 g/mol. The first-order chi connectivity index (χ1) is 21.6. The molecular formula is C34H32F3N3O5. The summed E-state index contributed by atoms with van der Waals surface area (Å²) in [6.45, 7) is 0.523. The molecule has 0 atom stereocenters. The maximum absolute atomic E-state index is 15.3. The van der Waals surface area contributed by atoms with Crippen molar-refractivity contribution in [2.45, 2.75) is 44.4 Å². The second-order valence-corrected chi connectivity index (χ2v) is 10.9. The summed E-state index contributed by atoms with van der Waals surface area (Å²) in [5.74, 6) is -4.62. The number of halogens is 3. The quantitative estimate of drug-likeness (QED) is 0.127. The van der Waals surface area contributed by atoms with Gasteiger partial charge in [-0.2, -0.15) is 0 Å². The van der Waals surface area contributed by atoms with Gasteiger partial charge in [-0.1, -0.05) is 31.0 Å². The van der Waals surface area contributed by atoms with Gasteiger partial charge in [0.25, 0.3) is 5.56 Å². The molecule has 1 fully saturated rings. The highest BCUT2D eigenvalue weighted by Gasteiger charge is 2.23. The fraction of sp³-hybridized carbons (Fsp3) is 0.265. The van der Waals surface area contributed by atoms with Gasteiger partial charge in [0.15, 0.2) is 17.4 Å². The van der Waals surface area contributed by atoms with E-state index in [-0.39, 0.29) is 29.9 Å². The largest absolute Gasteiger partial charge is 0.493 e. The van der Waals surface area contributed by atoms with Gasteiger partial charge in [0.1, 0.15) is 23.1 Å². The van der Waals surface area contributed by atoms with E-state index in [4.69, 9.17) is 10.5 Å². The maximum atomic E-state index is 15.3. The van der Waals surface area contributed by atoms with Crippen LogP contribution in [0.5, 0.6) is 5.75 Å². The summed E-state index contributed by atoms with van der Waals surface area (Å²) < 4.78 is 50.0. The summed E-state index contributed by atoms with van der Waals surface area (Å²) >= 11 is 0. The number of nitrogens with one attached hydrogen (secondary N) is 1.